The molecule has 18 heavy (non-hydrogen) atoms. The van der Waals surface area contributed by atoms with Gasteiger partial charge in [-0.25, -0.2) is 0 Å². The second kappa shape index (κ2) is 6.41. The van der Waals surface area contributed by atoms with Crippen molar-refractivity contribution in [1.82, 2.24) is 14.7 Å². The van der Waals surface area contributed by atoms with Gasteiger partial charge in [0.1, 0.15) is 5.82 Å². The summed E-state index contributed by atoms with van der Waals surface area (Å²) in [5.41, 5.74) is 8.07. The normalized spacial score (nSPS) is 11.2. The molecule has 5 nitrogen and oxygen atoms in total. The second-order valence-electron chi connectivity index (χ2n) is 5.11. The minimum Gasteiger partial charge on any atom is -0.384 e. The lowest BCUT2D eigenvalue weighted by Crippen LogP contribution is -2.28. The molecule has 0 fully saturated rings. The maximum atomic E-state index is 8.71. The van der Waals surface area contributed by atoms with Crippen molar-refractivity contribution in [2.45, 2.75) is 33.7 Å². The average Bonchev–Trinajstić information content (AvgIpc) is 2.52. The van der Waals surface area contributed by atoms with Crippen LogP contribution in [0, 0.1) is 24.2 Å². The van der Waals surface area contributed by atoms with E-state index in [1.807, 2.05) is 14.0 Å². The average molecular weight is 249 g/mol. The Morgan fingerprint density at radius 3 is 2.61 bits per heavy atom. The number of nitrogen functional groups attached to an aromatic ring is 1. The van der Waals surface area contributed by atoms with Gasteiger partial charge in [-0.3, -0.25) is 9.58 Å². The van der Waals surface area contributed by atoms with Crippen molar-refractivity contribution in [3.63, 3.8) is 0 Å². The Morgan fingerprint density at radius 2 is 2.17 bits per heavy atom. The zero-order valence-electron chi connectivity index (χ0n) is 11.8. The number of aromatic nitrogens is 2. The molecule has 1 rings (SSSR count). The van der Waals surface area contributed by atoms with Gasteiger partial charge in [0.2, 0.25) is 0 Å². The van der Waals surface area contributed by atoms with Gasteiger partial charge in [-0.15, -0.1) is 0 Å². The fraction of sp³-hybridized carbons (Fsp3) is 0.692. The number of hydrogen-bond donors (Lipinski definition) is 1. The number of rotatable bonds is 6. The molecule has 2 N–H and O–H groups in total. The van der Waals surface area contributed by atoms with Crippen LogP contribution >= 0.6 is 0 Å². The number of nitriles is 1. The van der Waals surface area contributed by atoms with Crippen molar-refractivity contribution < 1.29 is 0 Å². The fourth-order valence-electron chi connectivity index (χ4n) is 2.10. The van der Waals surface area contributed by atoms with Crippen LogP contribution in [0.3, 0.4) is 0 Å². The van der Waals surface area contributed by atoms with E-state index in [1.165, 1.54) is 0 Å². The third kappa shape index (κ3) is 3.74. The molecular weight excluding hydrogens is 226 g/mol. The van der Waals surface area contributed by atoms with Gasteiger partial charge in [-0.1, -0.05) is 13.8 Å². The number of anilines is 1. The molecule has 0 unspecified atom stereocenters. The van der Waals surface area contributed by atoms with E-state index in [4.69, 9.17) is 11.0 Å². The largest absolute Gasteiger partial charge is 0.384 e. The monoisotopic (exact) mass is 249 g/mol. The molecule has 0 radical (unpaired) electrons. The quantitative estimate of drug-likeness (QED) is 0.832. The van der Waals surface area contributed by atoms with Crippen LogP contribution in [-0.2, 0) is 13.6 Å². The molecule has 0 saturated heterocycles. The van der Waals surface area contributed by atoms with E-state index in [-0.39, 0.29) is 0 Å². The Morgan fingerprint density at radius 1 is 1.50 bits per heavy atom. The Hall–Kier alpha value is -1.54. The summed E-state index contributed by atoms with van der Waals surface area (Å²) in [5.74, 6) is 1.29. The number of hydrogen-bond acceptors (Lipinski definition) is 4. The minimum atomic E-state index is 0.548. The smallest absolute Gasteiger partial charge is 0.126 e. The first kappa shape index (κ1) is 14.5. The molecule has 0 bridgehead atoms. The van der Waals surface area contributed by atoms with Gasteiger partial charge in [-0.2, -0.15) is 10.4 Å². The maximum absolute atomic E-state index is 8.71. The van der Waals surface area contributed by atoms with Crippen LogP contribution in [0.5, 0.6) is 0 Å². The summed E-state index contributed by atoms with van der Waals surface area (Å²) in [6, 6.07) is 2.20. The summed E-state index contributed by atoms with van der Waals surface area (Å²) in [4.78, 5) is 2.27. The van der Waals surface area contributed by atoms with E-state index < -0.39 is 0 Å². The predicted octanol–water partition coefficient (Wildman–Crippen LogP) is 1.68. The van der Waals surface area contributed by atoms with Crippen LogP contribution in [-0.4, -0.2) is 27.8 Å². The standard InChI is InChI=1S/C13H23N5/c1-10(2)8-18(7-5-6-14)9-12-11(3)16-17(4)13(12)15/h10H,5,7-9,15H2,1-4H3. The summed E-state index contributed by atoms with van der Waals surface area (Å²) >= 11 is 0. The molecule has 0 saturated carbocycles. The van der Waals surface area contributed by atoms with Crippen molar-refractivity contribution in [1.29, 1.82) is 5.26 Å². The van der Waals surface area contributed by atoms with E-state index >= 15 is 0 Å². The van der Waals surface area contributed by atoms with E-state index in [9.17, 15) is 0 Å². The van der Waals surface area contributed by atoms with E-state index in [0.717, 1.165) is 36.7 Å². The van der Waals surface area contributed by atoms with Crippen molar-refractivity contribution in [3.8, 4) is 6.07 Å². The van der Waals surface area contributed by atoms with E-state index in [2.05, 4.69) is 29.9 Å². The van der Waals surface area contributed by atoms with Gasteiger partial charge in [-0.05, 0) is 12.8 Å². The molecule has 0 atom stereocenters. The third-order valence-electron chi connectivity index (χ3n) is 2.94. The van der Waals surface area contributed by atoms with Crippen LogP contribution in [0.2, 0.25) is 0 Å². The summed E-state index contributed by atoms with van der Waals surface area (Å²) in [6.07, 6.45) is 0.548. The summed E-state index contributed by atoms with van der Waals surface area (Å²) < 4.78 is 1.71. The van der Waals surface area contributed by atoms with Gasteiger partial charge >= 0.3 is 0 Å². The molecule has 1 aromatic heterocycles. The highest BCUT2D eigenvalue weighted by Crippen LogP contribution is 2.18. The summed E-state index contributed by atoms with van der Waals surface area (Å²) in [7, 11) is 1.86. The highest BCUT2D eigenvalue weighted by Gasteiger charge is 2.15. The van der Waals surface area contributed by atoms with Gasteiger partial charge in [0.15, 0.2) is 0 Å². The lowest BCUT2D eigenvalue weighted by Gasteiger charge is -2.23. The first-order chi connectivity index (χ1) is 8.45. The SMILES string of the molecule is Cc1nn(C)c(N)c1CN(CCC#N)CC(C)C. The molecule has 0 aliphatic rings. The lowest BCUT2D eigenvalue weighted by molar-refractivity contribution is 0.241. The number of nitrogens with zero attached hydrogens (tertiary/aromatic N) is 4. The van der Waals surface area contributed by atoms with Gasteiger partial charge in [0.25, 0.3) is 0 Å². The van der Waals surface area contributed by atoms with Gasteiger partial charge < -0.3 is 5.73 Å². The highest BCUT2D eigenvalue weighted by atomic mass is 15.3. The summed E-state index contributed by atoms with van der Waals surface area (Å²) in [5, 5.41) is 13.0. The zero-order chi connectivity index (χ0) is 13.7. The van der Waals surface area contributed by atoms with Crippen molar-refractivity contribution in [3.05, 3.63) is 11.3 Å². The Kier molecular flexibility index (Phi) is 5.17. The van der Waals surface area contributed by atoms with E-state index in [1.54, 1.807) is 4.68 Å². The summed E-state index contributed by atoms with van der Waals surface area (Å²) in [6.45, 7) is 8.85. The molecular formula is C13H23N5. The number of nitrogens with two attached hydrogens (primary N) is 1. The molecule has 1 aromatic rings. The van der Waals surface area contributed by atoms with Crippen molar-refractivity contribution in [2.24, 2.45) is 13.0 Å². The van der Waals surface area contributed by atoms with Crippen LogP contribution in [0.15, 0.2) is 0 Å². The highest BCUT2D eigenvalue weighted by molar-refractivity contribution is 5.42. The molecule has 1 heterocycles. The molecule has 0 aliphatic carbocycles. The Labute approximate surface area is 109 Å². The molecule has 100 valence electrons. The van der Waals surface area contributed by atoms with Crippen LogP contribution in [0.1, 0.15) is 31.5 Å². The second-order valence-corrected chi connectivity index (χ2v) is 5.11. The Balaban J connectivity index is 2.78. The molecule has 0 aromatic carbocycles. The van der Waals surface area contributed by atoms with Crippen LogP contribution in [0.25, 0.3) is 0 Å². The van der Waals surface area contributed by atoms with E-state index in [0.29, 0.717) is 12.3 Å². The molecule has 0 aliphatic heterocycles. The maximum Gasteiger partial charge on any atom is 0.126 e. The predicted molar refractivity (Wildman–Crippen MR) is 72.7 cm³/mol. The molecule has 5 heteroatoms. The molecule has 0 amide bonds. The van der Waals surface area contributed by atoms with Crippen LogP contribution < -0.4 is 5.73 Å². The first-order valence-corrected chi connectivity index (χ1v) is 6.33. The van der Waals surface area contributed by atoms with Gasteiger partial charge in [0, 0.05) is 38.7 Å². The minimum absolute atomic E-state index is 0.548. The van der Waals surface area contributed by atoms with Crippen LogP contribution in [0.4, 0.5) is 5.82 Å². The number of aryl methyl sites for hydroxylation is 2. The van der Waals surface area contributed by atoms with Crippen molar-refractivity contribution >= 4 is 5.82 Å². The topological polar surface area (TPSA) is 70.9 Å². The van der Waals surface area contributed by atoms with Gasteiger partial charge in [0.05, 0.1) is 11.8 Å². The first-order valence-electron chi connectivity index (χ1n) is 6.33. The third-order valence-corrected chi connectivity index (χ3v) is 2.94. The lowest BCUT2D eigenvalue weighted by atomic mass is 10.1. The fourth-order valence-corrected chi connectivity index (χ4v) is 2.10. The molecule has 0 spiro atoms. The van der Waals surface area contributed by atoms with Crippen molar-refractivity contribution in [2.75, 3.05) is 18.8 Å². The zero-order valence-corrected chi connectivity index (χ0v) is 11.8. The Bertz CT molecular complexity index is 427.